The largest absolute Gasteiger partial charge is 0.319 e. The van der Waals surface area contributed by atoms with Gasteiger partial charge in [-0.2, -0.15) is 5.10 Å². The highest BCUT2D eigenvalue weighted by molar-refractivity contribution is 6.34. The van der Waals surface area contributed by atoms with Crippen molar-refractivity contribution >= 4 is 17.4 Å². The van der Waals surface area contributed by atoms with Crippen molar-refractivity contribution in [2.24, 2.45) is 5.73 Å². The van der Waals surface area contributed by atoms with Crippen molar-refractivity contribution in [2.75, 3.05) is 20.6 Å². The summed E-state index contributed by atoms with van der Waals surface area (Å²) in [5.74, 6) is -0.0741. The summed E-state index contributed by atoms with van der Waals surface area (Å²) in [5, 5.41) is 4.56. The second-order valence-corrected chi connectivity index (χ2v) is 5.61. The van der Waals surface area contributed by atoms with Crippen molar-refractivity contribution in [3.05, 3.63) is 16.9 Å². The lowest BCUT2D eigenvalue weighted by atomic mass is 9.73. The molecule has 1 aliphatic carbocycles. The normalized spacial score (nSPS) is 17.8. The van der Waals surface area contributed by atoms with E-state index in [0.29, 0.717) is 17.3 Å². The van der Waals surface area contributed by atoms with E-state index in [2.05, 4.69) is 5.10 Å². The Morgan fingerprint density at radius 2 is 2.28 bits per heavy atom. The Kier molecular flexibility index (Phi) is 3.75. The summed E-state index contributed by atoms with van der Waals surface area (Å²) in [6, 6.07) is 0. The monoisotopic (exact) mass is 270 g/mol. The predicted molar refractivity (Wildman–Crippen MR) is 70.9 cm³/mol. The topological polar surface area (TPSA) is 64.2 Å². The molecule has 0 radical (unpaired) electrons. The van der Waals surface area contributed by atoms with E-state index >= 15 is 0 Å². The van der Waals surface area contributed by atoms with Crippen molar-refractivity contribution in [1.82, 2.24) is 14.7 Å². The number of aromatic nitrogens is 2. The van der Waals surface area contributed by atoms with Crippen LogP contribution in [0.5, 0.6) is 0 Å². The smallest absolute Gasteiger partial charge is 0.202 e. The molecule has 0 amide bonds. The fourth-order valence-electron chi connectivity index (χ4n) is 2.07. The average molecular weight is 271 g/mol. The summed E-state index contributed by atoms with van der Waals surface area (Å²) in [6.45, 7) is 1.44. The zero-order valence-electron chi connectivity index (χ0n) is 10.8. The van der Waals surface area contributed by atoms with Crippen LogP contribution >= 0.6 is 11.6 Å². The van der Waals surface area contributed by atoms with Gasteiger partial charge in [0.25, 0.3) is 0 Å². The number of carbonyl (C=O) groups is 1. The molecule has 0 saturated heterocycles. The Balaban J connectivity index is 2.21. The van der Waals surface area contributed by atoms with E-state index in [0.717, 1.165) is 25.8 Å². The van der Waals surface area contributed by atoms with Gasteiger partial charge in [0.1, 0.15) is 5.69 Å². The predicted octanol–water partition coefficient (Wildman–Crippen LogP) is 1.16. The molecule has 2 rings (SSSR count). The van der Waals surface area contributed by atoms with Gasteiger partial charge in [-0.25, -0.2) is 0 Å². The van der Waals surface area contributed by atoms with E-state index < -0.39 is 5.54 Å². The van der Waals surface area contributed by atoms with E-state index in [1.807, 2.05) is 19.0 Å². The van der Waals surface area contributed by atoms with Gasteiger partial charge in [0.2, 0.25) is 5.78 Å². The van der Waals surface area contributed by atoms with Gasteiger partial charge in [0.05, 0.1) is 23.3 Å². The number of nitrogens with two attached hydrogens (primary N) is 1. The highest BCUT2D eigenvalue weighted by atomic mass is 35.5. The SMILES string of the molecule is CN(C)CCn1ncc(Cl)c1C(=O)C1(N)CCC1. The molecule has 1 fully saturated rings. The number of carbonyl (C=O) groups excluding carboxylic acids is 1. The number of nitrogens with zero attached hydrogens (tertiary/aromatic N) is 3. The van der Waals surface area contributed by atoms with Crippen LogP contribution in [0, 0.1) is 0 Å². The van der Waals surface area contributed by atoms with Gasteiger partial charge in [0, 0.05) is 6.54 Å². The Hall–Kier alpha value is -0.910. The van der Waals surface area contributed by atoms with Gasteiger partial charge in [0.15, 0.2) is 0 Å². The molecule has 1 heterocycles. The van der Waals surface area contributed by atoms with E-state index in [1.54, 1.807) is 4.68 Å². The van der Waals surface area contributed by atoms with E-state index in [1.165, 1.54) is 6.20 Å². The molecule has 2 N–H and O–H groups in total. The highest BCUT2D eigenvalue weighted by Gasteiger charge is 2.42. The lowest BCUT2D eigenvalue weighted by Crippen LogP contribution is -2.54. The van der Waals surface area contributed by atoms with Gasteiger partial charge in [-0.15, -0.1) is 0 Å². The molecule has 1 aliphatic rings. The Bertz CT molecular complexity index is 451. The van der Waals surface area contributed by atoms with Crippen molar-refractivity contribution in [3.63, 3.8) is 0 Å². The fourth-order valence-corrected chi connectivity index (χ4v) is 2.30. The summed E-state index contributed by atoms with van der Waals surface area (Å²) in [7, 11) is 3.95. The van der Waals surface area contributed by atoms with Crippen LogP contribution in [0.4, 0.5) is 0 Å². The quantitative estimate of drug-likeness (QED) is 0.816. The molecule has 1 saturated carbocycles. The minimum Gasteiger partial charge on any atom is -0.319 e. The number of Topliss-reactive ketones (excluding diaryl/α,β-unsaturated/α-hetero) is 1. The Labute approximate surface area is 112 Å². The second-order valence-electron chi connectivity index (χ2n) is 5.21. The van der Waals surface area contributed by atoms with E-state index in [4.69, 9.17) is 17.3 Å². The number of ketones is 1. The molecule has 1 aromatic rings. The molecule has 0 unspecified atom stereocenters. The number of hydrogen-bond acceptors (Lipinski definition) is 4. The van der Waals surface area contributed by atoms with Gasteiger partial charge < -0.3 is 10.6 Å². The van der Waals surface area contributed by atoms with Crippen molar-refractivity contribution in [1.29, 1.82) is 0 Å². The van der Waals surface area contributed by atoms with Gasteiger partial charge >= 0.3 is 0 Å². The van der Waals surface area contributed by atoms with Crippen LogP contribution < -0.4 is 5.73 Å². The third kappa shape index (κ3) is 2.43. The molecule has 0 atom stereocenters. The molecular weight excluding hydrogens is 252 g/mol. The maximum absolute atomic E-state index is 12.4. The summed E-state index contributed by atoms with van der Waals surface area (Å²) in [6.07, 6.45) is 4.00. The first kappa shape index (κ1) is 13.5. The standard InChI is InChI=1S/C12H19ClN4O/c1-16(2)6-7-17-10(9(13)8-15-17)11(18)12(14)4-3-5-12/h8H,3-7,14H2,1-2H3. The van der Waals surface area contributed by atoms with Gasteiger partial charge in [-0.3, -0.25) is 9.48 Å². The first-order chi connectivity index (χ1) is 8.44. The van der Waals surface area contributed by atoms with Crippen LogP contribution in [-0.2, 0) is 6.54 Å². The highest BCUT2D eigenvalue weighted by Crippen LogP contribution is 2.34. The van der Waals surface area contributed by atoms with E-state index in [-0.39, 0.29) is 5.78 Å². The number of halogens is 1. The van der Waals surface area contributed by atoms with Crippen LogP contribution in [0.1, 0.15) is 29.8 Å². The molecule has 18 heavy (non-hydrogen) atoms. The van der Waals surface area contributed by atoms with Gasteiger partial charge in [-0.05, 0) is 33.4 Å². The zero-order valence-corrected chi connectivity index (χ0v) is 11.6. The van der Waals surface area contributed by atoms with Crippen molar-refractivity contribution < 1.29 is 4.79 Å². The zero-order chi connectivity index (χ0) is 13.3. The molecule has 6 heteroatoms. The van der Waals surface area contributed by atoms with Crippen LogP contribution in [0.15, 0.2) is 6.20 Å². The molecule has 0 bridgehead atoms. The number of rotatable bonds is 5. The molecule has 1 aromatic heterocycles. The minimum atomic E-state index is -0.723. The maximum Gasteiger partial charge on any atom is 0.202 e. The van der Waals surface area contributed by atoms with Crippen molar-refractivity contribution in [2.45, 2.75) is 31.3 Å². The average Bonchev–Trinajstić information content (AvgIpc) is 2.63. The second kappa shape index (κ2) is 4.99. The Morgan fingerprint density at radius 3 is 2.78 bits per heavy atom. The fraction of sp³-hybridized carbons (Fsp3) is 0.667. The maximum atomic E-state index is 12.4. The molecule has 0 aromatic carbocycles. The van der Waals surface area contributed by atoms with Crippen LogP contribution in [-0.4, -0.2) is 46.6 Å². The first-order valence-electron chi connectivity index (χ1n) is 6.14. The van der Waals surface area contributed by atoms with E-state index in [9.17, 15) is 4.79 Å². The molecule has 100 valence electrons. The molecule has 5 nitrogen and oxygen atoms in total. The number of likely N-dealkylation sites (N-methyl/N-ethyl adjacent to an activating group) is 1. The lowest BCUT2D eigenvalue weighted by molar-refractivity contribution is 0.0788. The van der Waals surface area contributed by atoms with Crippen LogP contribution in [0.25, 0.3) is 0 Å². The first-order valence-corrected chi connectivity index (χ1v) is 6.51. The van der Waals surface area contributed by atoms with Crippen LogP contribution in [0.3, 0.4) is 0 Å². The summed E-state index contributed by atoms with van der Waals surface area (Å²) < 4.78 is 1.66. The third-order valence-electron chi connectivity index (χ3n) is 3.47. The minimum absolute atomic E-state index is 0.0741. The lowest BCUT2D eigenvalue weighted by Gasteiger charge is -2.36. The summed E-state index contributed by atoms with van der Waals surface area (Å²) >= 11 is 6.07. The van der Waals surface area contributed by atoms with Crippen LogP contribution in [0.2, 0.25) is 5.02 Å². The molecule has 0 aliphatic heterocycles. The number of hydrogen-bond donors (Lipinski definition) is 1. The van der Waals surface area contributed by atoms with Gasteiger partial charge in [-0.1, -0.05) is 11.6 Å². The summed E-state index contributed by atoms with van der Waals surface area (Å²) in [4.78, 5) is 14.4. The molecular formula is C12H19ClN4O. The summed E-state index contributed by atoms with van der Waals surface area (Å²) in [5.41, 5.74) is 5.81. The van der Waals surface area contributed by atoms with Crippen molar-refractivity contribution in [3.8, 4) is 0 Å². The Morgan fingerprint density at radius 1 is 1.61 bits per heavy atom. The third-order valence-corrected chi connectivity index (χ3v) is 3.74. The molecule has 0 spiro atoms.